The lowest BCUT2D eigenvalue weighted by molar-refractivity contribution is -0.125. The molecule has 24 heavy (non-hydrogen) atoms. The topological polar surface area (TPSA) is 58.6 Å². The summed E-state index contributed by atoms with van der Waals surface area (Å²) in [7, 11) is 1.75. The van der Waals surface area contributed by atoms with E-state index in [9.17, 15) is 9.59 Å². The third kappa shape index (κ3) is 3.71. The minimum atomic E-state index is -0.466. The second kappa shape index (κ2) is 7.24. The molecule has 1 heterocycles. The molecule has 5 heteroatoms. The van der Waals surface area contributed by atoms with Crippen molar-refractivity contribution in [3.63, 3.8) is 0 Å². The van der Waals surface area contributed by atoms with E-state index in [4.69, 9.17) is 4.74 Å². The molecule has 1 atom stereocenters. The molecule has 5 nitrogen and oxygen atoms in total. The zero-order chi connectivity index (χ0) is 17.1. The first-order chi connectivity index (χ1) is 11.5. The van der Waals surface area contributed by atoms with Crippen molar-refractivity contribution < 1.29 is 14.3 Å². The lowest BCUT2D eigenvalue weighted by Gasteiger charge is -2.30. The Morgan fingerprint density at radius 2 is 1.96 bits per heavy atom. The van der Waals surface area contributed by atoms with Crippen LogP contribution >= 0.6 is 0 Å². The number of hydrogen-bond acceptors (Lipinski definition) is 3. The van der Waals surface area contributed by atoms with Gasteiger partial charge >= 0.3 is 0 Å². The van der Waals surface area contributed by atoms with Crippen molar-refractivity contribution in [1.29, 1.82) is 0 Å². The molecule has 1 aromatic carbocycles. The molecule has 130 valence electrons. The van der Waals surface area contributed by atoms with Gasteiger partial charge in [-0.15, -0.1) is 0 Å². The molecule has 2 aliphatic rings. The van der Waals surface area contributed by atoms with Crippen LogP contribution in [-0.4, -0.2) is 31.0 Å². The summed E-state index contributed by atoms with van der Waals surface area (Å²) in [4.78, 5) is 26.0. The van der Waals surface area contributed by atoms with E-state index in [1.165, 1.54) is 25.7 Å². The molecule has 0 spiro atoms. The van der Waals surface area contributed by atoms with Crippen LogP contribution in [0.2, 0.25) is 0 Å². The lowest BCUT2D eigenvalue weighted by atomic mass is 10.1. The van der Waals surface area contributed by atoms with E-state index in [-0.39, 0.29) is 11.8 Å². The predicted octanol–water partition coefficient (Wildman–Crippen LogP) is 2.81. The molecule has 0 bridgehead atoms. The Hall–Kier alpha value is -2.04. The number of ether oxygens (including phenoxy) is 1. The van der Waals surface area contributed by atoms with Crippen LogP contribution in [0.1, 0.15) is 51.0 Å². The monoisotopic (exact) mass is 330 g/mol. The van der Waals surface area contributed by atoms with E-state index in [0.29, 0.717) is 18.2 Å². The van der Waals surface area contributed by atoms with Gasteiger partial charge in [-0.1, -0.05) is 31.7 Å². The summed E-state index contributed by atoms with van der Waals surface area (Å²) in [6.07, 6.45) is 6.98. The summed E-state index contributed by atoms with van der Waals surface area (Å²) < 4.78 is 5.62. The second-order valence-corrected chi connectivity index (χ2v) is 6.89. The van der Waals surface area contributed by atoms with Crippen LogP contribution in [0.15, 0.2) is 18.2 Å². The highest BCUT2D eigenvalue weighted by atomic mass is 16.5. The van der Waals surface area contributed by atoms with Crippen LogP contribution in [0.25, 0.3) is 0 Å². The van der Waals surface area contributed by atoms with Crippen LogP contribution in [0.4, 0.5) is 5.69 Å². The number of amides is 2. The van der Waals surface area contributed by atoms with Crippen molar-refractivity contribution >= 4 is 17.5 Å². The molecule has 1 N–H and O–H groups in total. The number of nitrogens with one attached hydrogen (secondary N) is 1. The second-order valence-electron chi connectivity index (χ2n) is 6.89. The summed E-state index contributed by atoms with van der Waals surface area (Å²) in [5, 5.41) is 3.16. The lowest BCUT2D eigenvalue weighted by Crippen LogP contribution is -2.42. The molecule has 1 aliphatic heterocycles. The van der Waals surface area contributed by atoms with Gasteiger partial charge in [0.25, 0.3) is 5.91 Å². The van der Waals surface area contributed by atoms with Gasteiger partial charge in [-0.2, -0.15) is 0 Å². The van der Waals surface area contributed by atoms with E-state index in [2.05, 4.69) is 5.32 Å². The van der Waals surface area contributed by atoms with Gasteiger partial charge in [0.15, 0.2) is 6.10 Å². The fourth-order valence-corrected chi connectivity index (χ4v) is 3.55. The fourth-order valence-electron chi connectivity index (χ4n) is 3.55. The van der Waals surface area contributed by atoms with E-state index in [1.807, 2.05) is 18.2 Å². The van der Waals surface area contributed by atoms with Crippen molar-refractivity contribution in [1.82, 2.24) is 5.32 Å². The summed E-state index contributed by atoms with van der Waals surface area (Å²) in [5.74, 6) is 0.681. The molecule has 0 radical (unpaired) electrons. The van der Waals surface area contributed by atoms with Crippen molar-refractivity contribution in [2.75, 3.05) is 11.9 Å². The van der Waals surface area contributed by atoms with Crippen LogP contribution in [-0.2, 0) is 16.0 Å². The number of carbonyl (C=O) groups is 2. The first kappa shape index (κ1) is 16.8. The average Bonchev–Trinajstić information content (AvgIpc) is 2.82. The van der Waals surface area contributed by atoms with Gasteiger partial charge in [-0.25, -0.2) is 0 Å². The number of anilines is 1. The highest BCUT2D eigenvalue weighted by Gasteiger charge is 2.29. The zero-order valence-electron chi connectivity index (χ0n) is 14.5. The number of fused-ring (bicyclic) bond motifs is 1. The molecule has 1 fully saturated rings. The normalized spacial score (nSPS) is 21.7. The molecule has 1 aliphatic carbocycles. The highest BCUT2D eigenvalue weighted by Crippen LogP contribution is 2.34. The summed E-state index contributed by atoms with van der Waals surface area (Å²) in [5.41, 5.74) is 1.63. The van der Waals surface area contributed by atoms with Gasteiger partial charge in [0.1, 0.15) is 5.75 Å². The fraction of sp³-hybridized carbons (Fsp3) is 0.579. The molecule has 3 rings (SSSR count). The third-order valence-electron chi connectivity index (χ3n) is 4.95. The number of nitrogens with zero attached hydrogens (tertiary/aromatic N) is 1. The van der Waals surface area contributed by atoms with Gasteiger partial charge in [-0.05, 0) is 37.5 Å². The van der Waals surface area contributed by atoms with Crippen molar-refractivity contribution in [3.8, 4) is 5.75 Å². The van der Waals surface area contributed by atoms with Crippen molar-refractivity contribution in [2.24, 2.45) is 0 Å². The maximum absolute atomic E-state index is 12.3. The maximum atomic E-state index is 12.3. The van der Waals surface area contributed by atoms with E-state index in [0.717, 1.165) is 24.1 Å². The minimum Gasteiger partial charge on any atom is -0.479 e. The Labute approximate surface area is 143 Å². The van der Waals surface area contributed by atoms with Gasteiger partial charge in [-0.3, -0.25) is 9.59 Å². The van der Waals surface area contributed by atoms with Gasteiger partial charge in [0, 0.05) is 13.1 Å². The molecule has 0 saturated heterocycles. The Kier molecular flexibility index (Phi) is 5.07. The smallest absolute Gasteiger partial charge is 0.267 e. The van der Waals surface area contributed by atoms with E-state index < -0.39 is 6.10 Å². The molecular formula is C19H26N2O3. The van der Waals surface area contributed by atoms with Crippen LogP contribution in [0.5, 0.6) is 5.75 Å². The van der Waals surface area contributed by atoms with Crippen molar-refractivity contribution in [2.45, 2.75) is 64.0 Å². The zero-order valence-corrected chi connectivity index (χ0v) is 14.5. The van der Waals surface area contributed by atoms with Crippen LogP contribution < -0.4 is 15.0 Å². The molecule has 1 unspecified atom stereocenters. The quantitative estimate of drug-likeness (QED) is 0.867. The maximum Gasteiger partial charge on any atom is 0.267 e. The molecular weight excluding hydrogens is 304 g/mol. The summed E-state index contributed by atoms with van der Waals surface area (Å²) in [6.45, 7) is 1.75. The first-order valence-electron chi connectivity index (χ1n) is 8.91. The first-order valence-corrected chi connectivity index (χ1v) is 8.91. The largest absolute Gasteiger partial charge is 0.479 e. The van der Waals surface area contributed by atoms with Crippen LogP contribution in [0.3, 0.4) is 0 Å². The number of benzene rings is 1. The number of carbonyl (C=O) groups excluding carboxylic acids is 2. The van der Waals surface area contributed by atoms with E-state index >= 15 is 0 Å². The highest BCUT2D eigenvalue weighted by molar-refractivity contribution is 5.99. The van der Waals surface area contributed by atoms with Gasteiger partial charge in [0.05, 0.1) is 12.1 Å². The minimum absolute atomic E-state index is 0.0564. The number of likely N-dealkylation sites (N-methyl/N-ethyl adjacent to an activating group) is 1. The molecule has 0 aromatic heterocycles. The average molecular weight is 330 g/mol. The number of rotatable bonds is 3. The van der Waals surface area contributed by atoms with Gasteiger partial charge < -0.3 is 15.0 Å². The van der Waals surface area contributed by atoms with E-state index in [1.54, 1.807) is 18.9 Å². The Bertz CT molecular complexity index is 621. The van der Waals surface area contributed by atoms with Crippen molar-refractivity contribution in [3.05, 3.63) is 23.8 Å². The molecule has 1 saturated carbocycles. The Morgan fingerprint density at radius 3 is 2.67 bits per heavy atom. The SMILES string of the molecule is CC1Oc2ccc(CC(=O)NC3CCCCCC3)cc2N(C)C1=O. The Balaban J connectivity index is 1.65. The van der Waals surface area contributed by atoms with Crippen LogP contribution in [0, 0.1) is 0 Å². The summed E-state index contributed by atoms with van der Waals surface area (Å²) in [6, 6.07) is 5.95. The third-order valence-corrected chi connectivity index (χ3v) is 4.95. The molecule has 1 aromatic rings. The Morgan fingerprint density at radius 1 is 1.25 bits per heavy atom. The molecule has 2 amide bonds. The summed E-state index contributed by atoms with van der Waals surface area (Å²) >= 11 is 0. The predicted molar refractivity (Wildman–Crippen MR) is 93.3 cm³/mol. The standard InChI is InChI=1S/C19H26N2O3/c1-13-19(23)21(2)16-11-14(9-10-17(16)24-13)12-18(22)20-15-7-5-3-4-6-8-15/h9-11,13,15H,3-8,12H2,1-2H3,(H,20,22). The number of hydrogen-bond donors (Lipinski definition) is 1. The van der Waals surface area contributed by atoms with Gasteiger partial charge in [0.2, 0.25) is 5.91 Å².